The van der Waals surface area contributed by atoms with Crippen molar-refractivity contribution >= 4 is 21.5 Å². The van der Waals surface area contributed by atoms with Crippen molar-refractivity contribution in [3.05, 3.63) is 95.1 Å². The Hall–Kier alpha value is -3.35. The fourth-order valence-corrected chi connectivity index (χ4v) is 5.06. The standard InChI is InChI=1S/C26H25F5N4O2S/c1-17-10-11-22(38(32,36)37)21(14-17)33-25(24-19(27)8-5-9-20(24)28)35-13-12-34(16-23(35)26(29,30)31)15-18-6-3-2-4-7-18/h2-11,14,23H,12-13,15-16H2,1H3,(H2,32,36,37)/b33-25+. The van der Waals surface area contributed by atoms with Gasteiger partial charge in [-0.3, -0.25) is 4.90 Å². The third kappa shape index (κ3) is 6.20. The first kappa shape index (κ1) is 27.7. The average Bonchev–Trinajstić information content (AvgIpc) is 2.83. The number of amidine groups is 1. The van der Waals surface area contributed by atoms with Gasteiger partial charge in [0.1, 0.15) is 28.4 Å². The summed E-state index contributed by atoms with van der Waals surface area (Å²) in [6, 6.07) is 13.5. The second-order valence-corrected chi connectivity index (χ2v) is 10.5. The van der Waals surface area contributed by atoms with Crippen LogP contribution in [0.5, 0.6) is 0 Å². The topological polar surface area (TPSA) is 79.0 Å². The molecular formula is C26H25F5N4O2S. The number of benzene rings is 3. The molecule has 2 N–H and O–H groups in total. The molecule has 0 amide bonds. The Labute approximate surface area is 217 Å². The lowest BCUT2D eigenvalue weighted by atomic mass is 10.1. The maximum Gasteiger partial charge on any atom is 0.410 e. The number of aliphatic imine (C=N–C) groups is 1. The molecule has 1 atom stereocenters. The van der Waals surface area contributed by atoms with Crippen LogP contribution >= 0.6 is 0 Å². The lowest BCUT2D eigenvalue weighted by molar-refractivity contribution is -0.185. The summed E-state index contributed by atoms with van der Waals surface area (Å²) in [5, 5.41) is 5.30. The van der Waals surface area contributed by atoms with Crippen LogP contribution in [0.4, 0.5) is 27.6 Å². The quantitative estimate of drug-likeness (QED) is 0.282. The summed E-state index contributed by atoms with van der Waals surface area (Å²) in [6.07, 6.45) is -4.80. The van der Waals surface area contributed by atoms with Crippen molar-refractivity contribution in [1.82, 2.24) is 9.80 Å². The van der Waals surface area contributed by atoms with Crippen LogP contribution in [0.2, 0.25) is 0 Å². The summed E-state index contributed by atoms with van der Waals surface area (Å²) in [5.74, 6) is -2.94. The number of rotatable bonds is 5. The molecule has 1 fully saturated rings. The highest BCUT2D eigenvalue weighted by atomic mass is 32.2. The van der Waals surface area contributed by atoms with E-state index in [0.29, 0.717) is 5.56 Å². The van der Waals surface area contributed by atoms with E-state index in [1.54, 1.807) is 42.2 Å². The van der Waals surface area contributed by atoms with Crippen LogP contribution in [0, 0.1) is 18.6 Å². The highest BCUT2D eigenvalue weighted by molar-refractivity contribution is 7.89. The third-order valence-electron chi connectivity index (χ3n) is 6.20. The van der Waals surface area contributed by atoms with Gasteiger partial charge in [0.25, 0.3) is 0 Å². The van der Waals surface area contributed by atoms with Crippen molar-refractivity contribution < 1.29 is 30.4 Å². The zero-order valence-electron chi connectivity index (χ0n) is 20.3. The minimum Gasteiger partial charge on any atom is -0.342 e. The maximum atomic E-state index is 15.0. The van der Waals surface area contributed by atoms with Crippen molar-refractivity contribution in [2.45, 2.75) is 30.6 Å². The van der Waals surface area contributed by atoms with Crippen molar-refractivity contribution in [2.24, 2.45) is 10.1 Å². The predicted molar refractivity (Wildman–Crippen MR) is 133 cm³/mol. The molecule has 4 rings (SSSR count). The van der Waals surface area contributed by atoms with Crippen LogP contribution in [0.25, 0.3) is 0 Å². The van der Waals surface area contributed by atoms with Crippen molar-refractivity contribution in [3.8, 4) is 0 Å². The van der Waals surface area contributed by atoms with Gasteiger partial charge < -0.3 is 4.90 Å². The van der Waals surface area contributed by atoms with Crippen LogP contribution < -0.4 is 5.14 Å². The molecule has 3 aromatic rings. The summed E-state index contributed by atoms with van der Waals surface area (Å²) < 4.78 is 97.6. The van der Waals surface area contributed by atoms with Gasteiger partial charge in [-0.05, 0) is 42.3 Å². The van der Waals surface area contributed by atoms with Gasteiger partial charge in [0.05, 0.1) is 11.3 Å². The lowest BCUT2D eigenvalue weighted by Gasteiger charge is -2.43. The van der Waals surface area contributed by atoms with Crippen LogP contribution in [0.3, 0.4) is 0 Å². The highest BCUT2D eigenvalue weighted by Crippen LogP contribution is 2.33. The minimum atomic E-state index is -4.80. The monoisotopic (exact) mass is 552 g/mol. The fourth-order valence-electron chi connectivity index (χ4n) is 4.40. The van der Waals surface area contributed by atoms with E-state index in [0.717, 1.165) is 34.7 Å². The minimum absolute atomic E-state index is 0.131. The second kappa shape index (κ2) is 10.8. The Bertz CT molecular complexity index is 1430. The molecule has 0 aromatic heterocycles. The number of nitrogens with zero attached hydrogens (tertiary/aromatic N) is 3. The number of nitrogens with two attached hydrogens (primary N) is 1. The van der Waals surface area contributed by atoms with E-state index in [2.05, 4.69) is 4.99 Å². The Morgan fingerprint density at radius 1 is 1.00 bits per heavy atom. The number of primary sulfonamides is 1. The number of hydrogen-bond acceptors (Lipinski definition) is 4. The van der Waals surface area contributed by atoms with Gasteiger partial charge in [0, 0.05) is 26.2 Å². The first-order valence-corrected chi connectivity index (χ1v) is 13.2. The Morgan fingerprint density at radius 3 is 2.26 bits per heavy atom. The Balaban J connectivity index is 1.86. The maximum absolute atomic E-state index is 15.0. The number of aryl methyl sites for hydroxylation is 1. The molecule has 12 heteroatoms. The van der Waals surface area contributed by atoms with E-state index < -0.39 is 56.7 Å². The normalized spacial score (nSPS) is 17.6. The largest absolute Gasteiger partial charge is 0.410 e. The number of piperazine rings is 1. The van der Waals surface area contributed by atoms with E-state index in [1.807, 2.05) is 0 Å². The van der Waals surface area contributed by atoms with Crippen LogP contribution in [-0.2, 0) is 16.6 Å². The first-order valence-electron chi connectivity index (χ1n) is 11.6. The molecule has 0 bridgehead atoms. The average molecular weight is 553 g/mol. The zero-order chi connectivity index (χ0) is 27.7. The van der Waals surface area contributed by atoms with Gasteiger partial charge in [-0.25, -0.2) is 27.3 Å². The highest BCUT2D eigenvalue weighted by Gasteiger charge is 2.48. The number of halogens is 5. The lowest BCUT2D eigenvalue weighted by Crippen LogP contribution is -2.60. The van der Waals surface area contributed by atoms with E-state index in [4.69, 9.17) is 5.14 Å². The fraction of sp³-hybridized carbons (Fsp3) is 0.269. The SMILES string of the molecule is Cc1ccc(S(N)(=O)=O)c(/N=C(\c2c(F)cccc2F)N2CCN(Cc3ccccc3)CC2C(F)(F)F)c1. The zero-order valence-corrected chi connectivity index (χ0v) is 21.1. The van der Waals surface area contributed by atoms with Crippen LogP contribution in [-0.4, -0.2) is 55.9 Å². The molecule has 1 aliphatic rings. The summed E-state index contributed by atoms with van der Waals surface area (Å²) in [7, 11) is -4.36. The van der Waals surface area contributed by atoms with Gasteiger partial charge in [-0.15, -0.1) is 0 Å². The summed E-state index contributed by atoms with van der Waals surface area (Å²) in [4.78, 5) is 6.07. The molecule has 0 saturated carbocycles. The molecule has 0 radical (unpaired) electrons. The Kier molecular flexibility index (Phi) is 7.86. The molecule has 1 heterocycles. The van der Waals surface area contributed by atoms with E-state index in [-0.39, 0.29) is 25.3 Å². The number of alkyl halides is 3. The van der Waals surface area contributed by atoms with E-state index in [9.17, 15) is 30.4 Å². The predicted octanol–water partition coefficient (Wildman–Crippen LogP) is 4.75. The third-order valence-corrected chi connectivity index (χ3v) is 7.16. The molecule has 202 valence electrons. The van der Waals surface area contributed by atoms with Crippen molar-refractivity contribution in [1.29, 1.82) is 0 Å². The van der Waals surface area contributed by atoms with Gasteiger partial charge >= 0.3 is 6.18 Å². The summed E-state index contributed by atoms with van der Waals surface area (Å²) >= 11 is 0. The summed E-state index contributed by atoms with van der Waals surface area (Å²) in [6.45, 7) is 1.21. The molecule has 1 saturated heterocycles. The van der Waals surface area contributed by atoms with Gasteiger partial charge in [-0.1, -0.05) is 42.5 Å². The number of hydrogen-bond donors (Lipinski definition) is 1. The first-order chi connectivity index (χ1) is 17.8. The van der Waals surface area contributed by atoms with E-state index >= 15 is 0 Å². The van der Waals surface area contributed by atoms with Gasteiger partial charge in [0.2, 0.25) is 10.0 Å². The van der Waals surface area contributed by atoms with Crippen LogP contribution in [0.1, 0.15) is 16.7 Å². The number of sulfonamides is 1. The van der Waals surface area contributed by atoms with Gasteiger partial charge in [0.15, 0.2) is 0 Å². The summed E-state index contributed by atoms with van der Waals surface area (Å²) in [5.41, 5.74) is 0.218. The second-order valence-electron chi connectivity index (χ2n) is 9.02. The van der Waals surface area contributed by atoms with Crippen molar-refractivity contribution in [2.75, 3.05) is 19.6 Å². The Morgan fingerprint density at radius 2 is 1.66 bits per heavy atom. The molecular weight excluding hydrogens is 527 g/mol. The van der Waals surface area contributed by atoms with Crippen molar-refractivity contribution in [3.63, 3.8) is 0 Å². The molecule has 1 aliphatic heterocycles. The molecule has 3 aromatic carbocycles. The van der Waals surface area contributed by atoms with Crippen LogP contribution in [0.15, 0.2) is 76.6 Å². The smallest absolute Gasteiger partial charge is 0.342 e. The molecule has 38 heavy (non-hydrogen) atoms. The van der Waals surface area contributed by atoms with E-state index in [1.165, 1.54) is 12.1 Å². The molecule has 6 nitrogen and oxygen atoms in total. The molecule has 0 aliphatic carbocycles. The molecule has 1 unspecified atom stereocenters. The van der Waals surface area contributed by atoms with Gasteiger partial charge in [-0.2, -0.15) is 13.2 Å². The molecule has 0 spiro atoms.